The number of nitrogens with two attached hydrogens (primary N) is 1. The molecule has 0 radical (unpaired) electrons. The van der Waals surface area contributed by atoms with Crippen LogP contribution in [-0.4, -0.2) is 26.2 Å². The van der Waals surface area contributed by atoms with Crippen LogP contribution in [0.3, 0.4) is 0 Å². The highest BCUT2D eigenvalue weighted by molar-refractivity contribution is 6.03. The fourth-order valence-corrected chi connectivity index (χ4v) is 1.82. The van der Waals surface area contributed by atoms with Crippen LogP contribution in [0, 0.1) is 0 Å². The van der Waals surface area contributed by atoms with Crippen LogP contribution in [0.15, 0.2) is 36.4 Å². The summed E-state index contributed by atoms with van der Waals surface area (Å²) in [6.45, 7) is 0.959. The highest BCUT2D eigenvalue weighted by atomic mass is 16.5. The number of methoxy groups -OCH3 is 1. The van der Waals surface area contributed by atoms with Gasteiger partial charge in [0.2, 0.25) is 0 Å². The van der Waals surface area contributed by atoms with Crippen molar-refractivity contribution >= 4 is 22.4 Å². The fourth-order valence-electron chi connectivity index (χ4n) is 1.82. The summed E-state index contributed by atoms with van der Waals surface area (Å²) >= 11 is 0. The molecule has 0 saturated heterocycles. The number of carbonyl (C=O) groups is 1. The molecular weight excluding hydrogens is 228 g/mol. The molecule has 2 rings (SSSR count). The maximum absolute atomic E-state index is 11.9. The van der Waals surface area contributed by atoms with Gasteiger partial charge in [-0.25, -0.2) is 0 Å². The van der Waals surface area contributed by atoms with Crippen molar-refractivity contribution in [3.8, 4) is 0 Å². The molecule has 0 spiro atoms. The van der Waals surface area contributed by atoms with Gasteiger partial charge in [-0.1, -0.05) is 24.3 Å². The second-order valence-corrected chi connectivity index (χ2v) is 4.04. The van der Waals surface area contributed by atoms with Crippen LogP contribution < -0.4 is 11.1 Å². The summed E-state index contributed by atoms with van der Waals surface area (Å²) in [6, 6.07) is 11.4. The van der Waals surface area contributed by atoms with Crippen molar-refractivity contribution in [2.75, 3.05) is 26.0 Å². The van der Waals surface area contributed by atoms with Gasteiger partial charge in [0.15, 0.2) is 0 Å². The number of carbonyl (C=O) groups excluding carboxylic acids is 1. The molecule has 1 amide bonds. The molecule has 94 valence electrons. The van der Waals surface area contributed by atoms with Crippen molar-refractivity contribution in [1.82, 2.24) is 5.32 Å². The number of anilines is 1. The van der Waals surface area contributed by atoms with E-state index >= 15 is 0 Å². The molecular formula is C14H16N2O2. The second kappa shape index (κ2) is 5.51. The highest BCUT2D eigenvalue weighted by Crippen LogP contribution is 2.21. The number of benzene rings is 2. The van der Waals surface area contributed by atoms with E-state index < -0.39 is 0 Å². The van der Waals surface area contributed by atoms with Crippen LogP contribution in [0.2, 0.25) is 0 Å². The molecule has 0 heterocycles. The first-order valence-corrected chi connectivity index (χ1v) is 5.78. The Hall–Kier alpha value is -2.07. The van der Waals surface area contributed by atoms with E-state index in [9.17, 15) is 4.79 Å². The molecule has 0 aliphatic carbocycles. The van der Waals surface area contributed by atoms with Crippen molar-refractivity contribution in [1.29, 1.82) is 0 Å². The molecule has 0 fully saturated rings. The Labute approximate surface area is 106 Å². The van der Waals surface area contributed by atoms with Gasteiger partial charge in [-0.2, -0.15) is 0 Å². The van der Waals surface area contributed by atoms with Gasteiger partial charge in [0.05, 0.1) is 12.2 Å². The summed E-state index contributed by atoms with van der Waals surface area (Å²) in [4.78, 5) is 11.9. The Bertz CT molecular complexity index is 567. The van der Waals surface area contributed by atoms with Gasteiger partial charge in [-0.05, 0) is 22.9 Å². The van der Waals surface area contributed by atoms with Crippen LogP contribution >= 0.6 is 0 Å². The Balaban J connectivity index is 2.27. The zero-order chi connectivity index (χ0) is 13.0. The number of rotatable bonds is 4. The number of fused-ring (bicyclic) bond motifs is 1. The van der Waals surface area contributed by atoms with Gasteiger partial charge in [-0.3, -0.25) is 4.79 Å². The molecule has 0 aliphatic rings. The molecule has 2 aromatic carbocycles. The van der Waals surface area contributed by atoms with Gasteiger partial charge in [0.1, 0.15) is 0 Å². The molecule has 0 aliphatic heterocycles. The van der Waals surface area contributed by atoms with Crippen molar-refractivity contribution in [3.05, 3.63) is 42.0 Å². The molecule has 0 atom stereocenters. The van der Waals surface area contributed by atoms with Gasteiger partial charge in [-0.15, -0.1) is 0 Å². The van der Waals surface area contributed by atoms with Crippen LogP contribution in [0.25, 0.3) is 10.8 Å². The Morgan fingerprint density at radius 3 is 2.61 bits per heavy atom. The summed E-state index contributed by atoms with van der Waals surface area (Å²) in [5, 5.41) is 4.80. The maximum Gasteiger partial charge on any atom is 0.253 e. The summed E-state index contributed by atoms with van der Waals surface area (Å²) in [5.74, 6) is -0.171. The van der Waals surface area contributed by atoms with E-state index in [1.165, 1.54) is 0 Å². The smallest absolute Gasteiger partial charge is 0.253 e. The number of hydrogen-bond acceptors (Lipinski definition) is 3. The number of ether oxygens (including phenoxy) is 1. The van der Waals surface area contributed by atoms with E-state index in [0.717, 1.165) is 10.8 Å². The van der Waals surface area contributed by atoms with Crippen molar-refractivity contribution < 1.29 is 9.53 Å². The van der Waals surface area contributed by atoms with Crippen LogP contribution in [0.4, 0.5) is 5.69 Å². The minimum absolute atomic E-state index is 0.171. The standard InChI is InChI=1S/C14H16N2O2/c1-18-7-6-16-14(17)12-8-10-4-2-3-5-11(10)9-13(12)15/h2-5,8-9H,6-7,15H2,1H3,(H,16,17). The monoisotopic (exact) mass is 244 g/mol. The van der Waals surface area contributed by atoms with Crippen LogP contribution in [0.5, 0.6) is 0 Å². The zero-order valence-electron chi connectivity index (χ0n) is 10.3. The summed E-state index contributed by atoms with van der Waals surface area (Å²) < 4.78 is 4.88. The largest absolute Gasteiger partial charge is 0.398 e. The normalized spacial score (nSPS) is 10.5. The molecule has 2 aromatic rings. The van der Waals surface area contributed by atoms with Crippen LogP contribution in [-0.2, 0) is 4.74 Å². The van der Waals surface area contributed by atoms with E-state index in [-0.39, 0.29) is 5.91 Å². The SMILES string of the molecule is COCCNC(=O)c1cc2ccccc2cc1N. The Morgan fingerprint density at radius 1 is 1.28 bits per heavy atom. The van der Waals surface area contributed by atoms with Crippen molar-refractivity contribution in [2.45, 2.75) is 0 Å². The van der Waals surface area contributed by atoms with Gasteiger partial charge >= 0.3 is 0 Å². The van der Waals surface area contributed by atoms with Crippen LogP contribution in [0.1, 0.15) is 10.4 Å². The molecule has 0 bridgehead atoms. The predicted octanol–water partition coefficient (Wildman–Crippen LogP) is 1.80. The Morgan fingerprint density at radius 2 is 1.94 bits per heavy atom. The average Bonchev–Trinajstić information content (AvgIpc) is 2.38. The van der Waals surface area contributed by atoms with Crippen molar-refractivity contribution in [2.24, 2.45) is 0 Å². The highest BCUT2D eigenvalue weighted by Gasteiger charge is 2.10. The van der Waals surface area contributed by atoms with Gasteiger partial charge in [0.25, 0.3) is 5.91 Å². The third kappa shape index (κ3) is 2.60. The summed E-state index contributed by atoms with van der Waals surface area (Å²) in [6.07, 6.45) is 0. The first-order chi connectivity index (χ1) is 8.72. The lowest BCUT2D eigenvalue weighted by Crippen LogP contribution is -2.27. The molecule has 0 unspecified atom stereocenters. The molecule has 4 heteroatoms. The van der Waals surface area contributed by atoms with E-state index in [2.05, 4.69) is 5.32 Å². The lowest BCUT2D eigenvalue weighted by Gasteiger charge is -2.08. The molecule has 18 heavy (non-hydrogen) atoms. The maximum atomic E-state index is 11.9. The molecule has 0 saturated carbocycles. The topological polar surface area (TPSA) is 64.3 Å². The summed E-state index contributed by atoms with van der Waals surface area (Å²) in [5.41, 5.74) is 6.89. The average molecular weight is 244 g/mol. The number of nitrogen functional groups attached to an aromatic ring is 1. The number of nitrogens with one attached hydrogen (secondary N) is 1. The quantitative estimate of drug-likeness (QED) is 0.636. The zero-order valence-corrected chi connectivity index (χ0v) is 10.3. The first-order valence-electron chi connectivity index (χ1n) is 5.78. The lowest BCUT2D eigenvalue weighted by atomic mass is 10.0. The second-order valence-electron chi connectivity index (χ2n) is 4.04. The fraction of sp³-hybridized carbons (Fsp3) is 0.214. The summed E-state index contributed by atoms with van der Waals surface area (Å²) in [7, 11) is 1.59. The third-order valence-corrected chi connectivity index (χ3v) is 2.75. The minimum atomic E-state index is -0.171. The molecule has 3 N–H and O–H groups in total. The molecule has 0 aromatic heterocycles. The lowest BCUT2D eigenvalue weighted by molar-refractivity contribution is 0.0938. The van der Waals surface area contributed by atoms with Crippen molar-refractivity contribution in [3.63, 3.8) is 0 Å². The van der Waals surface area contributed by atoms with E-state index in [1.54, 1.807) is 7.11 Å². The first kappa shape index (κ1) is 12.4. The van der Waals surface area contributed by atoms with Gasteiger partial charge < -0.3 is 15.8 Å². The van der Waals surface area contributed by atoms with Gasteiger partial charge in [0, 0.05) is 19.3 Å². The van der Waals surface area contributed by atoms with E-state index in [0.29, 0.717) is 24.4 Å². The third-order valence-electron chi connectivity index (χ3n) is 2.75. The Kier molecular flexibility index (Phi) is 3.79. The number of amides is 1. The van der Waals surface area contributed by atoms with E-state index in [1.807, 2.05) is 36.4 Å². The molecule has 4 nitrogen and oxygen atoms in total. The minimum Gasteiger partial charge on any atom is -0.398 e. The van der Waals surface area contributed by atoms with E-state index in [4.69, 9.17) is 10.5 Å². The predicted molar refractivity (Wildman–Crippen MR) is 72.6 cm³/mol. The number of hydrogen-bond donors (Lipinski definition) is 2.